The molecule has 1 aliphatic carbocycles. The Morgan fingerprint density at radius 2 is 2.17 bits per heavy atom. The molecule has 0 spiro atoms. The van der Waals surface area contributed by atoms with E-state index in [9.17, 15) is 4.79 Å². The van der Waals surface area contributed by atoms with E-state index in [-0.39, 0.29) is 17.8 Å². The minimum Gasteiger partial charge on any atom is -0.489 e. The summed E-state index contributed by atoms with van der Waals surface area (Å²) in [4.78, 5) is 14.0. The number of carbonyl (C=O) groups is 1. The summed E-state index contributed by atoms with van der Waals surface area (Å²) in [6.45, 7) is 4.89. The average Bonchev–Trinajstić information content (AvgIpc) is 2.54. The van der Waals surface area contributed by atoms with Gasteiger partial charge in [0.05, 0.1) is 0 Å². The number of nitrogens with zero attached hydrogens (tertiary/aromatic N) is 1. The Hall–Kier alpha value is -1.35. The van der Waals surface area contributed by atoms with E-state index in [0.29, 0.717) is 0 Å². The summed E-state index contributed by atoms with van der Waals surface area (Å²) in [5.41, 5.74) is 2.00. The second kappa shape index (κ2) is 5.11. The number of hydrogen-bond acceptors (Lipinski definition) is 3. The summed E-state index contributed by atoms with van der Waals surface area (Å²) in [6.07, 6.45) is 0.980. The van der Waals surface area contributed by atoms with Crippen molar-refractivity contribution in [2.24, 2.45) is 5.92 Å². The summed E-state index contributed by atoms with van der Waals surface area (Å²) in [7, 11) is 4.04. The van der Waals surface area contributed by atoms with Gasteiger partial charge in [-0.1, -0.05) is 13.0 Å². The molecule has 0 bridgehead atoms. The molecule has 18 heavy (non-hydrogen) atoms. The molecule has 0 heterocycles. The first-order chi connectivity index (χ1) is 8.47. The molecule has 2 atom stereocenters. The Labute approximate surface area is 109 Å². The fraction of sp³-hybridized carbons (Fsp3) is 0.533. The molecule has 1 aliphatic rings. The lowest BCUT2D eigenvalue weighted by atomic mass is 10.1. The summed E-state index contributed by atoms with van der Waals surface area (Å²) >= 11 is 0. The highest BCUT2D eigenvalue weighted by atomic mass is 16.5. The zero-order chi connectivity index (χ0) is 13.3. The molecular formula is C15H21NO2. The van der Waals surface area contributed by atoms with E-state index in [1.165, 1.54) is 0 Å². The Morgan fingerprint density at radius 3 is 2.83 bits per heavy atom. The molecule has 98 valence electrons. The summed E-state index contributed by atoms with van der Waals surface area (Å²) in [5.74, 6) is 1.16. The maximum Gasteiger partial charge on any atom is 0.166 e. The predicted molar refractivity (Wildman–Crippen MR) is 72.3 cm³/mol. The van der Waals surface area contributed by atoms with Gasteiger partial charge >= 0.3 is 0 Å². The molecule has 0 aliphatic heterocycles. The van der Waals surface area contributed by atoms with Crippen LogP contribution in [0.25, 0.3) is 0 Å². The molecule has 0 saturated heterocycles. The van der Waals surface area contributed by atoms with Crippen molar-refractivity contribution in [3.63, 3.8) is 0 Å². The number of fused-ring (bicyclic) bond motifs is 1. The third kappa shape index (κ3) is 2.72. The van der Waals surface area contributed by atoms with Crippen molar-refractivity contribution in [1.82, 2.24) is 4.90 Å². The topological polar surface area (TPSA) is 29.5 Å². The summed E-state index contributed by atoms with van der Waals surface area (Å²) < 4.78 is 5.84. The van der Waals surface area contributed by atoms with Gasteiger partial charge in [-0.25, -0.2) is 0 Å². The second-order valence-electron chi connectivity index (χ2n) is 5.48. The van der Waals surface area contributed by atoms with E-state index in [4.69, 9.17) is 4.74 Å². The van der Waals surface area contributed by atoms with Gasteiger partial charge in [0.25, 0.3) is 0 Å². The molecule has 0 radical (unpaired) electrons. The van der Waals surface area contributed by atoms with Gasteiger partial charge in [0, 0.05) is 18.0 Å². The minimum absolute atomic E-state index is 0.118. The lowest BCUT2D eigenvalue weighted by molar-refractivity contribution is 0.0945. The van der Waals surface area contributed by atoms with Crippen molar-refractivity contribution in [2.75, 3.05) is 20.6 Å². The van der Waals surface area contributed by atoms with Crippen LogP contribution < -0.4 is 4.74 Å². The molecule has 1 aromatic rings. The largest absolute Gasteiger partial charge is 0.489 e. The van der Waals surface area contributed by atoms with Crippen LogP contribution in [0.1, 0.15) is 29.8 Å². The van der Waals surface area contributed by atoms with Gasteiger partial charge in [0.2, 0.25) is 0 Å². The third-order valence-corrected chi connectivity index (χ3v) is 3.28. The molecule has 0 unspecified atom stereocenters. The van der Waals surface area contributed by atoms with Crippen LogP contribution in [0.15, 0.2) is 18.2 Å². The van der Waals surface area contributed by atoms with Gasteiger partial charge < -0.3 is 9.64 Å². The first-order valence-corrected chi connectivity index (χ1v) is 6.46. The van der Waals surface area contributed by atoms with Crippen LogP contribution in [0, 0.1) is 5.92 Å². The highest BCUT2D eigenvalue weighted by molar-refractivity contribution is 6.02. The number of Topliss-reactive ketones (excluding diaryl/α,β-unsaturated/α-hetero) is 1. The van der Waals surface area contributed by atoms with Gasteiger partial charge in [-0.3, -0.25) is 4.79 Å². The number of rotatable bonds is 4. The third-order valence-electron chi connectivity index (χ3n) is 3.28. The Balaban J connectivity index is 2.11. The number of ether oxygens (including phenoxy) is 1. The number of benzene rings is 1. The highest BCUT2D eigenvalue weighted by Crippen LogP contribution is 2.29. The molecule has 0 amide bonds. The molecule has 0 saturated carbocycles. The average molecular weight is 247 g/mol. The lowest BCUT2D eigenvalue weighted by Gasteiger charge is -2.19. The van der Waals surface area contributed by atoms with Crippen molar-refractivity contribution in [2.45, 2.75) is 26.4 Å². The van der Waals surface area contributed by atoms with Crippen molar-refractivity contribution in [3.8, 4) is 5.75 Å². The van der Waals surface area contributed by atoms with Gasteiger partial charge in [0.1, 0.15) is 11.9 Å². The van der Waals surface area contributed by atoms with E-state index in [1.807, 2.05) is 46.1 Å². The second-order valence-corrected chi connectivity index (χ2v) is 5.48. The fourth-order valence-electron chi connectivity index (χ4n) is 2.51. The molecule has 0 aromatic heterocycles. The Kier molecular flexibility index (Phi) is 3.71. The SMILES string of the molecule is C[C@H](CN(C)C)Oc1ccc2c(c1)C(=O)[C@H](C)C2. The van der Waals surface area contributed by atoms with Crippen LogP contribution in [0.5, 0.6) is 5.75 Å². The van der Waals surface area contributed by atoms with E-state index in [2.05, 4.69) is 4.90 Å². The van der Waals surface area contributed by atoms with Gasteiger partial charge in [-0.05, 0) is 45.1 Å². The molecule has 0 N–H and O–H groups in total. The monoisotopic (exact) mass is 247 g/mol. The molecule has 0 fully saturated rings. The number of carbonyl (C=O) groups excluding carboxylic acids is 1. The van der Waals surface area contributed by atoms with Gasteiger partial charge in [-0.15, -0.1) is 0 Å². The van der Waals surface area contributed by atoms with Crippen molar-refractivity contribution in [1.29, 1.82) is 0 Å². The first kappa shape index (κ1) is 13.1. The molecule has 2 rings (SSSR count). The maximum absolute atomic E-state index is 11.9. The molecule has 1 aromatic carbocycles. The van der Waals surface area contributed by atoms with Crippen LogP contribution in [0.4, 0.5) is 0 Å². The van der Waals surface area contributed by atoms with E-state index < -0.39 is 0 Å². The molecule has 3 heteroatoms. The number of likely N-dealkylation sites (N-methyl/N-ethyl adjacent to an activating group) is 1. The van der Waals surface area contributed by atoms with Crippen molar-refractivity contribution < 1.29 is 9.53 Å². The number of ketones is 1. The van der Waals surface area contributed by atoms with E-state index in [1.54, 1.807) is 0 Å². The lowest BCUT2D eigenvalue weighted by Crippen LogP contribution is -2.28. The van der Waals surface area contributed by atoms with Crippen LogP contribution in [-0.2, 0) is 6.42 Å². The van der Waals surface area contributed by atoms with Crippen LogP contribution in [0.2, 0.25) is 0 Å². The smallest absolute Gasteiger partial charge is 0.166 e. The molecular weight excluding hydrogens is 226 g/mol. The Bertz CT molecular complexity index is 454. The standard InChI is InChI=1S/C15H21NO2/c1-10-7-12-5-6-13(8-14(12)15(10)17)18-11(2)9-16(3)4/h5-6,8,10-11H,7,9H2,1-4H3/t10-,11-/m1/s1. The summed E-state index contributed by atoms with van der Waals surface area (Å²) in [6, 6.07) is 5.89. The molecule has 3 nitrogen and oxygen atoms in total. The normalized spacial score (nSPS) is 20.1. The fourth-order valence-corrected chi connectivity index (χ4v) is 2.51. The zero-order valence-electron chi connectivity index (χ0n) is 11.6. The van der Waals surface area contributed by atoms with Gasteiger partial charge in [0.15, 0.2) is 5.78 Å². The van der Waals surface area contributed by atoms with Crippen LogP contribution in [0.3, 0.4) is 0 Å². The predicted octanol–water partition coefficient (Wildman–Crippen LogP) is 2.39. The van der Waals surface area contributed by atoms with Crippen molar-refractivity contribution >= 4 is 5.78 Å². The van der Waals surface area contributed by atoms with Gasteiger partial charge in [-0.2, -0.15) is 0 Å². The number of hydrogen-bond donors (Lipinski definition) is 0. The van der Waals surface area contributed by atoms with E-state index >= 15 is 0 Å². The van der Waals surface area contributed by atoms with E-state index in [0.717, 1.165) is 29.8 Å². The summed E-state index contributed by atoms with van der Waals surface area (Å²) in [5, 5.41) is 0. The quantitative estimate of drug-likeness (QED) is 0.818. The minimum atomic E-state index is 0.118. The van der Waals surface area contributed by atoms with Crippen molar-refractivity contribution in [3.05, 3.63) is 29.3 Å². The Morgan fingerprint density at radius 1 is 1.44 bits per heavy atom. The highest BCUT2D eigenvalue weighted by Gasteiger charge is 2.27. The zero-order valence-corrected chi connectivity index (χ0v) is 11.6. The van der Waals surface area contributed by atoms with Crippen LogP contribution >= 0.6 is 0 Å². The maximum atomic E-state index is 11.9. The first-order valence-electron chi connectivity index (χ1n) is 6.46. The van der Waals surface area contributed by atoms with Crippen LogP contribution in [-0.4, -0.2) is 37.4 Å².